The van der Waals surface area contributed by atoms with E-state index in [4.69, 9.17) is 9.84 Å². The molecule has 2 heterocycles. The number of nitrogens with zero attached hydrogens (tertiary/aromatic N) is 2. The van der Waals surface area contributed by atoms with Crippen molar-refractivity contribution in [2.24, 2.45) is 0 Å². The largest absolute Gasteiger partial charge is 0.573 e. The molecule has 0 aliphatic heterocycles. The Balaban J connectivity index is 0.000000251. The van der Waals surface area contributed by atoms with Gasteiger partial charge in [0.05, 0.1) is 17.7 Å². The Morgan fingerprint density at radius 3 is 1.54 bits per heavy atom. The van der Waals surface area contributed by atoms with Crippen molar-refractivity contribution in [2.45, 2.75) is 19.6 Å². The molecule has 12 nitrogen and oxygen atoms in total. The number of amides is 2. The Morgan fingerprint density at radius 1 is 0.739 bits per heavy atom. The van der Waals surface area contributed by atoms with Crippen LogP contribution in [0.1, 0.15) is 48.6 Å². The van der Waals surface area contributed by atoms with Crippen LogP contribution >= 0.6 is 22.7 Å². The Bertz CT molecular complexity index is 1710. The van der Waals surface area contributed by atoms with Crippen molar-refractivity contribution in [3.8, 4) is 11.5 Å². The summed E-state index contributed by atoms with van der Waals surface area (Å²) in [7, 11) is 0. The van der Waals surface area contributed by atoms with E-state index in [-0.39, 0.29) is 39.4 Å². The second kappa shape index (κ2) is 15.2. The van der Waals surface area contributed by atoms with Crippen LogP contribution in [0.5, 0.6) is 11.5 Å². The molecular formula is C26H18F6N4O8S2. The molecular weight excluding hydrogens is 674 g/mol. The fourth-order valence-corrected chi connectivity index (χ4v) is 4.48. The van der Waals surface area contributed by atoms with Crippen molar-refractivity contribution in [3.05, 3.63) is 81.8 Å². The predicted octanol–water partition coefficient (Wildman–Crippen LogP) is 6.46. The maximum absolute atomic E-state index is 12.4. The van der Waals surface area contributed by atoms with Crippen molar-refractivity contribution in [2.75, 3.05) is 17.2 Å². The summed E-state index contributed by atoms with van der Waals surface area (Å²) >= 11 is 1.77. The van der Waals surface area contributed by atoms with Crippen LogP contribution in [0.4, 0.5) is 36.6 Å². The first kappa shape index (κ1) is 35.2. The maximum Gasteiger partial charge on any atom is 0.573 e. The van der Waals surface area contributed by atoms with Gasteiger partial charge >= 0.3 is 24.7 Å². The molecule has 2 aromatic heterocycles. The van der Waals surface area contributed by atoms with Gasteiger partial charge in [-0.25, -0.2) is 19.6 Å². The standard InChI is InChI=1S/C14H11F3N2O4S.C12H7F3N2O4S/c1-2-22-12(21)9-7-24-13(18-9)19-11(20)8-5-3-4-6-10(8)23-14(15,16)17;13-12(14,15)21-8-4-2-1-3-6(8)9(18)17-11-16-7(5-22-11)10(19)20/h3-7H,2H2,1H3,(H,18,19,20);1-5H,(H,19,20)(H,16,17,18). The summed E-state index contributed by atoms with van der Waals surface area (Å²) in [5.74, 6) is -4.98. The lowest BCUT2D eigenvalue weighted by molar-refractivity contribution is -0.275. The molecule has 3 N–H and O–H groups in total. The van der Waals surface area contributed by atoms with Gasteiger partial charge in [0.2, 0.25) is 0 Å². The van der Waals surface area contributed by atoms with E-state index in [1.165, 1.54) is 41.1 Å². The van der Waals surface area contributed by atoms with Crippen molar-refractivity contribution < 1.29 is 64.8 Å². The summed E-state index contributed by atoms with van der Waals surface area (Å²) in [4.78, 5) is 53.7. The molecule has 0 spiro atoms. The molecule has 0 saturated carbocycles. The molecule has 0 fully saturated rings. The second-order valence-electron chi connectivity index (χ2n) is 8.10. The third-order valence-corrected chi connectivity index (χ3v) is 6.38. The number of carbonyl (C=O) groups excluding carboxylic acids is 3. The van der Waals surface area contributed by atoms with Gasteiger partial charge in [-0.3, -0.25) is 20.2 Å². The van der Waals surface area contributed by atoms with Gasteiger partial charge in [0.1, 0.15) is 11.5 Å². The van der Waals surface area contributed by atoms with Gasteiger partial charge in [0.25, 0.3) is 11.8 Å². The van der Waals surface area contributed by atoms with E-state index >= 15 is 0 Å². The minimum absolute atomic E-state index is 0.00280. The molecule has 0 radical (unpaired) electrons. The van der Waals surface area contributed by atoms with Gasteiger partial charge in [0, 0.05) is 10.8 Å². The Kier molecular flexibility index (Phi) is 11.6. The van der Waals surface area contributed by atoms with Crippen molar-refractivity contribution in [1.82, 2.24) is 9.97 Å². The number of para-hydroxylation sites is 2. The van der Waals surface area contributed by atoms with Crippen molar-refractivity contribution in [3.63, 3.8) is 0 Å². The molecule has 244 valence electrons. The highest BCUT2D eigenvalue weighted by Crippen LogP contribution is 2.29. The van der Waals surface area contributed by atoms with E-state index in [9.17, 15) is 45.5 Å². The van der Waals surface area contributed by atoms with E-state index in [1.54, 1.807) is 6.92 Å². The van der Waals surface area contributed by atoms with Crippen LogP contribution in [-0.4, -0.2) is 58.2 Å². The number of carboxylic acids is 1. The Hall–Kier alpha value is -5.24. The smallest absolute Gasteiger partial charge is 0.476 e. The highest BCUT2D eigenvalue weighted by atomic mass is 32.1. The fourth-order valence-electron chi connectivity index (χ4n) is 3.12. The number of rotatable bonds is 9. The number of hydrogen-bond donors (Lipinski definition) is 3. The van der Waals surface area contributed by atoms with Gasteiger partial charge in [-0.15, -0.1) is 49.0 Å². The number of hydrogen-bond acceptors (Lipinski definition) is 11. The molecule has 0 saturated heterocycles. The van der Waals surface area contributed by atoms with Crippen molar-refractivity contribution >= 4 is 56.7 Å². The minimum Gasteiger partial charge on any atom is -0.476 e. The van der Waals surface area contributed by atoms with Crippen LogP contribution in [0.25, 0.3) is 0 Å². The number of thiazole rings is 2. The summed E-state index contributed by atoms with van der Waals surface area (Å²) in [6, 6.07) is 9.68. The summed E-state index contributed by atoms with van der Waals surface area (Å²) in [5.41, 5.74) is -0.952. The maximum atomic E-state index is 12.4. The van der Waals surface area contributed by atoms with Crippen LogP contribution in [0.15, 0.2) is 59.3 Å². The normalized spacial score (nSPS) is 11.0. The van der Waals surface area contributed by atoms with Gasteiger partial charge in [0.15, 0.2) is 21.7 Å². The SMILES string of the molecule is CCOC(=O)c1csc(NC(=O)c2ccccc2OC(F)(F)F)n1.O=C(O)c1csc(NC(=O)c2ccccc2OC(F)(F)F)n1. The molecule has 0 unspecified atom stereocenters. The molecule has 0 atom stereocenters. The zero-order valence-electron chi connectivity index (χ0n) is 22.8. The van der Waals surface area contributed by atoms with E-state index in [1.807, 2.05) is 0 Å². The number of aromatic carboxylic acids is 1. The molecule has 4 rings (SSSR count). The first-order valence-corrected chi connectivity index (χ1v) is 14.0. The molecule has 4 aromatic rings. The summed E-state index contributed by atoms with van der Waals surface area (Å²) in [6.45, 7) is 1.80. The van der Waals surface area contributed by atoms with Crippen molar-refractivity contribution in [1.29, 1.82) is 0 Å². The van der Waals surface area contributed by atoms with Crippen LogP contribution in [0.3, 0.4) is 0 Å². The number of anilines is 2. The number of esters is 1. The second-order valence-corrected chi connectivity index (χ2v) is 9.81. The van der Waals surface area contributed by atoms with E-state index < -0.39 is 48.0 Å². The quantitative estimate of drug-likeness (QED) is 0.131. The third-order valence-electron chi connectivity index (χ3n) is 4.87. The Labute approximate surface area is 261 Å². The third kappa shape index (κ3) is 10.7. The molecule has 0 bridgehead atoms. The lowest BCUT2D eigenvalue weighted by atomic mass is 10.2. The molecule has 2 amide bonds. The number of ether oxygens (including phenoxy) is 3. The zero-order chi connectivity index (χ0) is 34.1. The first-order valence-electron chi connectivity index (χ1n) is 12.2. The van der Waals surface area contributed by atoms with Crippen LogP contribution in [0, 0.1) is 0 Å². The number of halogens is 6. The summed E-state index contributed by atoms with van der Waals surface area (Å²) < 4.78 is 86.2. The predicted molar refractivity (Wildman–Crippen MR) is 149 cm³/mol. The number of alkyl halides is 6. The zero-order valence-corrected chi connectivity index (χ0v) is 24.4. The topological polar surface area (TPSA) is 166 Å². The molecule has 2 aromatic carbocycles. The van der Waals surface area contributed by atoms with Gasteiger partial charge in [-0.1, -0.05) is 24.3 Å². The number of carboxylic acid groups (broad SMARTS) is 1. The number of carbonyl (C=O) groups is 4. The molecule has 0 aliphatic carbocycles. The molecule has 46 heavy (non-hydrogen) atoms. The minimum atomic E-state index is -4.94. The summed E-state index contributed by atoms with van der Waals surface area (Å²) in [6.07, 6.45) is -9.86. The highest BCUT2D eigenvalue weighted by Gasteiger charge is 2.34. The fraction of sp³-hybridized carbons (Fsp3) is 0.154. The first-order chi connectivity index (χ1) is 21.6. The van der Waals surface area contributed by atoms with Crippen LogP contribution < -0.4 is 20.1 Å². The Morgan fingerprint density at radius 2 is 1.15 bits per heavy atom. The number of benzene rings is 2. The lowest BCUT2D eigenvalue weighted by Crippen LogP contribution is -2.20. The number of nitrogens with one attached hydrogen (secondary N) is 2. The molecule has 0 aliphatic rings. The average molecular weight is 693 g/mol. The lowest BCUT2D eigenvalue weighted by Gasteiger charge is -2.12. The van der Waals surface area contributed by atoms with E-state index in [0.717, 1.165) is 40.9 Å². The van der Waals surface area contributed by atoms with Gasteiger partial charge in [-0.2, -0.15) is 0 Å². The van der Waals surface area contributed by atoms with Crippen LogP contribution in [-0.2, 0) is 4.74 Å². The average Bonchev–Trinajstić information content (AvgIpc) is 3.62. The molecule has 20 heteroatoms. The van der Waals surface area contributed by atoms with Crippen LogP contribution in [0.2, 0.25) is 0 Å². The van der Waals surface area contributed by atoms with E-state index in [2.05, 4.69) is 30.1 Å². The number of aromatic nitrogens is 2. The monoisotopic (exact) mass is 692 g/mol. The van der Waals surface area contributed by atoms with Gasteiger partial charge in [-0.05, 0) is 31.2 Å². The van der Waals surface area contributed by atoms with E-state index in [0.29, 0.717) is 0 Å². The highest BCUT2D eigenvalue weighted by molar-refractivity contribution is 7.14. The summed E-state index contributed by atoms with van der Waals surface area (Å²) in [5, 5.41) is 15.8. The van der Waals surface area contributed by atoms with Gasteiger partial charge < -0.3 is 19.3 Å².